The molecule has 0 radical (unpaired) electrons. The van der Waals surface area contributed by atoms with Gasteiger partial charge in [-0.1, -0.05) is 35.0 Å². The van der Waals surface area contributed by atoms with Gasteiger partial charge in [-0.15, -0.1) is 6.58 Å². The molecular weight excluding hydrogens is 459 g/mol. The summed E-state index contributed by atoms with van der Waals surface area (Å²) in [4.78, 5) is 33.8. The molecule has 2 amide bonds. The van der Waals surface area contributed by atoms with E-state index < -0.39 is 5.82 Å². The summed E-state index contributed by atoms with van der Waals surface area (Å²) in [7, 11) is 0. The summed E-state index contributed by atoms with van der Waals surface area (Å²) in [5.74, 6) is -0.290. The number of benzene rings is 2. The minimum absolute atomic E-state index is 0.145. The van der Waals surface area contributed by atoms with E-state index in [1.807, 2.05) is 6.07 Å². The number of rotatable bonds is 7. The van der Waals surface area contributed by atoms with E-state index in [0.29, 0.717) is 35.3 Å². The lowest BCUT2D eigenvalue weighted by molar-refractivity contribution is -0.136. The number of nitrogens with zero attached hydrogens (tertiary/aromatic N) is 4. The van der Waals surface area contributed by atoms with Crippen molar-refractivity contribution in [2.75, 3.05) is 19.6 Å². The quantitative estimate of drug-likeness (QED) is 0.447. The number of carbonyl (C=O) groups excluding carboxylic acids is 2. The van der Waals surface area contributed by atoms with E-state index in [9.17, 15) is 14.0 Å². The molecule has 1 aliphatic heterocycles. The summed E-state index contributed by atoms with van der Waals surface area (Å²) in [6.07, 6.45) is 3.98. The van der Waals surface area contributed by atoms with Gasteiger partial charge in [0.05, 0.1) is 0 Å². The number of hydrogen-bond donors (Lipinski definition) is 0. The van der Waals surface area contributed by atoms with Gasteiger partial charge in [-0.3, -0.25) is 9.59 Å². The monoisotopic (exact) mass is 482 g/mol. The summed E-state index contributed by atoms with van der Waals surface area (Å²) in [5.41, 5.74) is 1.02. The molecule has 176 valence electrons. The summed E-state index contributed by atoms with van der Waals surface area (Å²) in [5, 5.41) is 4.63. The summed E-state index contributed by atoms with van der Waals surface area (Å²) in [6, 6.07) is 12.0. The molecule has 0 spiro atoms. The molecule has 9 heteroatoms. The molecule has 34 heavy (non-hydrogen) atoms. The highest BCUT2D eigenvalue weighted by atomic mass is 35.5. The van der Waals surface area contributed by atoms with Gasteiger partial charge in [0.1, 0.15) is 18.4 Å². The number of hydrogen-bond acceptors (Lipinski definition) is 5. The SMILES string of the molecule is C=CCN(CC(=O)N1CCCCC1c1nc(-c2cccc(Cl)c2)no1)C(=O)c1ccc(F)cc1. The fourth-order valence-corrected chi connectivity index (χ4v) is 4.20. The zero-order valence-corrected chi connectivity index (χ0v) is 19.2. The van der Waals surface area contributed by atoms with Crippen LogP contribution in [0, 0.1) is 5.82 Å². The predicted octanol–water partition coefficient (Wildman–Crippen LogP) is 4.91. The third-order valence-electron chi connectivity index (χ3n) is 5.69. The molecule has 3 aromatic rings. The molecule has 2 heterocycles. The van der Waals surface area contributed by atoms with E-state index in [4.69, 9.17) is 16.1 Å². The van der Waals surface area contributed by atoms with Crippen LogP contribution in [0.5, 0.6) is 0 Å². The van der Waals surface area contributed by atoms with Crippen molar-refractivity contribution < 1.29 is 18.5 Å². The predicted molar refractivity (Wildman–Crippen MR) is 126 cm³/mol. The van der Waals surface area contributed by atoms with Crippen molar-refractivity contribution in [2.45, 2.75) is 25.3 Å². The maximum absolute atomic E-state index is 13.3. The second-order valence-electron chi connectivity index (χ2n) is 8.05. The number of amides is 2. The zero-order valence-electron chi connectivity index (χ0n) is 18.5. The first-order valence-corrected chi connectivity index (χ1v) is 11.4. The Hall–Kier alpha value is -3.52. The Morgan fingerprint density at radius 1 is 1.24 bits per heavy atom. The van der Waals surface area contributed by atoms with E-state index in [1.165, 1.54) is 29.2 Å². The minimum Gasteiger partial charge on any atom is -0.337 e. The van der Waals surface area contributed by atoms with Gasteiger partial charge in [0.25, 0.3) is 5.91 Å². The largest absolute Gasteiger partial charge is 0.337 e. The van der Waals surface area contributed by atoms with E-state index in [-0.39, 0.29) is 30.9 Å². The fourth-order valence-electron chi connectivity index (χ4n) is 4.01. The molecular formula is C25H24ClFN4O3. The smallest absolute Gasteiger partial charge is 0.254 e. The number of carbonyl (C=O) groups is 2. The van der Waals surface area contributed by atoms with Crippen LogP contribution < -0.4 is 0 Å². The van der Waals surface area contributed by atoms with Crippen LogP contribution in [0.1, 0.15) is 41.6 Å². The normalized spacial score (nSPS) is 15.7. The minimum atomic E-state index is -0.434. The van der Waals surface area contributed by atoms with Gasteiger partial charge >= 0.3 is 0 Å². The van der Waals surface area contributed by atoms with Crippen molar-refractivity contribution in [1.82, 2.24) is 19.9 Å². The number of piperidine rings is 1. The average Bonchev–Trinajstić information content (AvgIpc) is 3.34. The van der Waals surface area contributed by atoms with Crippen molar-refractivity contribution in [3.8, 4) is 11.4 Å². The molecule has 1 saturated heterocycles. The maximum atomic E-state index is 13.3. The van der Waals surface area contributed by atoms with Gasteiger partial charge in [0.15, 0.2) is 0 Å². The summed E-state index contributed by atoms with van der Waals surface area (Å²) in [6.45, 7) is 4.24. The van der Waals surface area contributed by atoms with Crippen LogP contribution in [0.2, 0.25) is 5.02 Å². The van der Waals surface area contributed by atoms with Crippen LogP contribution in [0.4, 0.5) is 4.39 Å². The van der Waals surface area contributed by atoms with Crippen LogP contribution in [-0.4, -0.2) is 51.4 Å². The molecule has 0 saturated carbocycles. The zero-order chi connectivity index (χ0) is 24.1. The number of likely N-dealkylation sites (tertiary alicyclic amines) is 1. The first-order valence-electron chi connectivity index (χ1n) is 11.0. The van der Waals surface area contributed by atoms with E-state index in [1.54, 1.807) is 29.2 Å². The Morgan fingerprint density at radius 2 is 2.03 bits per heavy atom. The van der Waals surface area contributed by atoms with E-state index in [0.717, 1.165) is 18.4 Å². The van der Waals surface area contributed by atoms with Crippen LogP contribution in [-0.2, 0) is 4.79 Å². The standard InChI is InChI=1S/C25H24ClFN4O3/c1-2-13-30(25(33)17-9-11-20(27)12-10-17)16-22(32)31-14-4-3-8-21(31)24-28-23(29-34-24)18-6-5-7-19(26)15-18/h2,5-7,9-12,15,21H,1,3-4,8,13-14,16H2. The van der Waals surface area contributed by atoms with Gasteiger partial charge in [-0.25, -0.2) is 4.39 Å². The molecule has 0 N–H and O–H groups in total. The third-order valence-corrected chi connectivity index (χ3v) is 5.92. The summed E-state index contributed by atoms with van der Waals surface area (Å²) >= 11 is 6.07. The van der Waals surface area contributed by atoms with Gasteiger partial charge in [-0.2, -0.15) is 4.98 Å². The molecule has 7 nitrogen and oxygen atoms in total. The molecule has 4 rings (SSSR count). The Morgan fingerprint density at radius 3 is 2.76 bits per heavy atom. The maximum Gasteiger partial charge on any atom is 0.254 e. The second-order valence-corrected chi connectivity index (χ2v) is 8.48. The second kappa shape index (κ2) is 10.6. The van der Waals surface area contributed by atoms with Crippen molar-refractivity contribution in [3.63, 3.8) is 0 Å². The van der Waals surface area contributed by atoms with Crippen LogP contribution in [0.25, 0.3) is 11.4 Å². The molecule has 1 aromatic heterocycles. The Bertz CT molecular complexity index is 1180. The lowest BCUT2D eigenvalue weighted by atomic mass is 10.0. The highest BCUT2D eigenvalue weighted by Crippen LogP contribution is 2.31. The van der Waals surface area contributed by atoms with Crippen molar-refractivity contribution in [1.29, 1.82) is 0 Å². The molecule has 0 aliphatic carbocycles. The first-order chi connectivity index (χ1) is 16.5. The number of halogens is 2. The Labute approximate surface area is 201 Å². The van der Waals surface area contributed by atoms with Crippen molar-refractivity contribution >= 4 is 23.4 Å². The van der Waals surface area contributed by atoms with Gasteiger partial charge in [-0.05, 0) is 55.7 Å². The topological polar surface area (TPSA) is 79.5 Å². The summed E-state index contributed by atoms with van der Waals surface area (Å²) < 4.78 is 18.8. The highest BCUT2D eigenvalue weighted by molar-refractivity contribution is 6.30. The molecule has 1 fully saturated rings. The van der Waals surface area contributed by atoms with Crippen LogP contribution in [0.15, 0.2) is 65.7 Å². The van der Waals surface area contributed by atoms with Gasteiger partial charge in [0.2, 0.25) is 17.6 Å². The number of aromatic nitrogens is 2. The molecule has 1 atom stereocenters. The van der Waals surface area contributed by atoms with Crippen LogP contribution >= 0.6 is 11.6 Å². The fraction of sp³-hybridized carbons (Fsp3) is 0.280. The molecule has 1 unspecified atom stereocenters. The molecule has 1 aliphatic rings. The lowest BCUT2D eigenvalue weighted by Gasteiger charge is -2.35. The van der Waals surface area contributed by atoms with Gasteiger partial charge < -0.3 is 14.3 Å². The third kappa shape index (κ3) is 5.34. The van der Waals surface area contributed by atoms with E-state index >= 15 is 0 Å². The Balaban J connectivity index is 1.52. The average molecular weight is 483 g/mol. The van der Waals surface area contributed by atoms with Crippen molar-refractivity contribution in [3.05, 3.63) is 83.5 Å². The lowest BCUT2D eigenvalue weighted by Crippen LogP contribution is -2.46. The van der Waals surface area contributed by atoms with Crippen molar-refractivity contribution in [2.24, 2.45) is 0 Å². The molecule has 0 bridgehead atoms. The highest BCUT2D eigenvalue weighted by Gasteiger charge is 2.33. The van der Waals surface area contributed by atoms with E-state index in [2.05, 4.69) is 16.7 Å². The Kier molecular flexibility index (Phi) is 7.37. The molecule has 2 aromatic carbocycles. The van der Waals surface area contributed by atoms with Crippen LogP contribution in [0.3, 0.4) is 0 Å². The van der Waals surface area contributed by atoms with Gasteiger partial charge in [0, 0.05) is 29.2 Å². The first kappa shape index (κ1) is 23.6.